The Morgan fingerprint density at radius 1 is 1.08 bits per heavy atom. The zero-order valence-electron chi connectivity index (χ0n) is 14.2. The summed E-state index contributed by atoms with van der Waals surface area (Å²) in [4.78, 5) is 13.5. The molecule has 1 N–H and O–H groups in total. The third-order valence-electron chi connectivity index (χ3n) is 4.59. The monoisotopic (exact) mass is 355 g/mol. The molecule has 25 heavy (non-hydrogen) atoms. The van der Waals surface area contributed by atoms with Crippen molar-refractivity contribution >= 4 is 23.4 Å². The molecule has 1 saturated carbocycles. The van der Waals surface area contributed by atoms with Crippen LogP contribution in [-0.4, -0.2) is 16.9 Å². The van der Waals surface area contributed by atoms with Crippen LogP contribution in [-0.2, 0) is 4.79 Å². The molecule has 1 atom stereocenters. The molecule has 2 aromatic carbocycles. The van der Waals surface area contributed by atoms with Gasteiger partial charge >= 0.3 is 0 Å². The fourth-order valence-electron chi connectivity index (χ4n) is 3.29. The second-order valence-electron chi connectivity index (χ2n) is 6.55. The third kappa shape index (κ3) is 3.47. The summed E-state index contributed by atoms with van der Waals surface area (Å²) in [5.41, 5.74) is 0.739. The summed E-state index contributed by atoms with van der Waals surface area (Å²) in [6.07, 6.45) is 4.11. The maximum Gasteiger partial charge on any atom is 0.251 e. The molecule has 1 aliphatic heterocycles. The number of thioether (sulfide) groups is 1. The van der Waals surface area contributed by atoms with Crippen molar-refractivity contribution in [3.8, 4) is 11.5 Å². The molecule has 0 aromatic heterocycles. The van der Waals surface area contributed by atoms with Crippen LogP contribution in [0.2, 0.25) is 0 Å². The summed E-state index contributed by atoms with van der Waals surface area (Å²) in [6.45, 7) is 1.91. The van der Waals surface area contributed by atoms with Gasteiger partial charge in [0.15, 0.2) is 11.5 Å². The molecular formula is C20H21NO3S. The highest BCUT2D eigenvalue weighted by molar-refractivity contribution is 8.00. The average molecular weight is 355 g/mol. The number of rotatable bonds is 4. The van der Waals surface area contributed by atoms with Gasteiger partial charge in [-0.3, -0.25) is 4.79 Å². The van der Waals surface area contributed by atoms with Gasteiger partial charge < -0.3 is 14.8 Å². The van der Waals surface area contributed by atoms with Crippen LogP contribution in [0.3, 0.4) is 0 Å². The van der Waals surface area contributed by atoms with Crippen LogP contribution in [0, 0.1) is 0 Å². The minimum atomic E-state index is -0.471. The number of amides is 1. The quantitative estimate of drug-likeness (QED) is 0.797. The smallest absolute Gasteiger partial charge is 0.251 e. The summed E-state index contributed by atoms with van der Waals surface area (Å²) < 4.78 is 12.1. The standard InChI is InChI=1S/C20H21NO3S/c1-14(25-16-7-3-2-4-8-16)19(22)21-15-9-10-17-18(13-15)24-20(23-17)11-5-6-12-20/h2-4,7-10,13-14H,5-6,11-12H2,1H3,(H,21,22)/t14-/m0/s1. The zero-order chi connectivity index (χ0) is 17.3. The van der Waals surface area contributed by atoms with Gasteiger partial charge in [0.05, 0.1) is 5.25 Å². The number of nitrogens with one attached hydrogen (secondary N) is 1. The van der Waals surface area contributed by atoms with Crippen LogP contribution in [0.25, 0.3) is 0 Å². The number of carbonyl (C=O) groups excluding carboxylic acids is 1. The number of carbonyl (C=O) groups is 1. The van der Waals surface area contributed by atoms with Crippen LogP contribution >= 0.6 is 11.8 Å². The first-order valence-electron chi connectivity index (χ1n) is 8.68. The van der Waals surface area contributed by atoms with E-state index < -0.39 is 5.79 Å². The molecule has 1 aliphatic carbocycles. The number of fused-ring (bicyclic) bond motifs is 1. The second-order valence-corrected chi connectivity index (χ2v) is 7.96. The van der Waals surface area contributed by atoms with Crippen molar-refractivity contribution in [1.29, 1.82) is 0 Å². The van der Waals surface area contributed by atoms with Gasteiger partial charge in [0.25, 0.3) is 5.79 Å². The summed E-state index contributed by atoms with van der Waals surface area (Å²) >= 11 is 1.54. The van der Waals surface area contributed by atoms with Crippen molar-refractivity contribution in [2.45, 2.75) is 48.5 Å². The molecule has 1 amide bonds. The average Bonchev–Trinajstić information content (AvgIpc) is 3.21. The maximum absolute atomic E-state index is 12.5. The molecular weight excluding hydrogens is 334 g/mol. The SMILES string of the molecule is C[C@H](Sc1ccccc1)C(=O)Nc1ccc2c(c1)OC1(CCCC1)O2. The van der Waals surface area contributed by atoms with Crippen LogP contribution in [0.15, 0.2) is 53.4 Å². The Balaban J connectivity index is 1.41. The third-order valence-corrected chi connectivity index (χ3v) is 5.71. The first-order chi connectivity index (χ1) is 12.1. The van der Waals surface area contributed by atoms with Gasteiger partial charge in [0.1, 0.15) is 0 Å². The number of anilines is 1. The highest BCUT2D eigenvalue weighted by atomic mass is 32.2. The van der Waals surface area contributed by atoms with Crippen molar-refractivity contribution in [3.63, 3.8) is 0 Å². The normalized spacial score (nSPS) is 18.3. The minimum Gasteiger partial charge on any atom is -0.448 e. The van der Waals surface area contributed by atoms with Crippen LogP contribution < -0.4 is 14.8 Å². The number of benzene rings is 2. The summed E-state index contributed by atoms with van der Waals surface area (Å²) in [5.74, 6) is 1.000. The number of hydrogen-bond donors (Lipinski definition) is 1. The van der Waals surface area contributed by atoms with Gasteiger partial charge in [-0.05, 0) is 44.0 Å². The Kier molecular flexibility index (Phi) is 4.34. The molecule has 130 valence electrons. The molecule has 2 aromatic rings. The van der Waals surface area contributed by atoms with Gasteiger partial charge in [-0.25, -0.2) is 0 Å². The van der Waals surface area contributed by atoms with E-state index in [-0.39, 0.29) is 11.2 Å². The Labute approximate surface area is 151 Å². The fraction of sp³-hybridized carbons (Fsp3) is 0.350. The molecule has 0 unspecified atom stereocenters. The van der Waals surface area contributed by atoms with Gasteiger partial charge in [0, 0.05) is 29.5 Å². The van der Waals surface area contributed by atoms with E-state index in [0.29, 0.717) is 0 Å². The maximum atomic E-state index is 12.5. The van der Waals surface area contributed by atoms with Crippen molar-refractivity contribution in [2.24, 2.45) is 0 Å². The van der Waals surface area contributed by atoms with Gasteiger partial charge in [-0.1, -0.05) is 18.2 Å². The minimum absolute atomic E-state index is 0.0247. The molecule has 1 fully saturated rings. The highest BCUT2D eigenvalue weighted by Crippen LogP contribution is 2.47. The van der Waals surface area contributed by atoms with E-state index in [4.69, 9.17) is 9.47 Å². The van der Waals surface area contributed by atoms with Gasteiger partial charge in [-0.15, -0.1) is 11.8 Å². The van der Waals surface area contributed by atoms with Crippen LogP contribution in [0.1, 0.15) is 32.6 Å². The van der Waals surface area contributed by atoms with E-state index in [2.05, 4.69) is 5.32 Å². The number of ether oxygens (including phenoxy) is 2. The van der Waals surface area contributed by atoms with E-state index in [1.165, 1.54) is 0 Å². The Morgan fingerprint density at radius 3 is 2.56 bits per heavy atom. The first-order valence-corrected chi connectivity index (χ1v) is 9.56. The summed E-state index contributed by atoms with van der Waals surface area (Å²) in [7, 11) is 0. The molecule has 0 bridgehead atoms. The topological polar surface area (TPSA) is 47.6 Å². The Hall–Kier alpha value is -2.14. The lowest BCUT2D eigenvalue weighted by molar-refractivity contribution is -0.115. The molecule has 1 spiro atoms. The van der Waals surface area contributed by atoms with E-state index in [1.807, 2.05) is 55.5 Å². The predicted octanol–water partition coefficient (Wildman–Crippen LogP) is 4.85. The first kappa shape index (κ1) is 16.3. The molecule has 2 aliphatic rings. The van der Waals surface area contributed by atoms with E-state index in [0.717, 1.165) is 47.8 Å². The lowest BCUT2D eigenvalue weighted by atomic mass is 10.2. The van der Waals surface area contributed by atoms with Crippen molar-refractivity contribution in [2.75, 3.05) is 5.32 Å². The van der Waals surface area contributed by atoms with E-state index in [9.17, 15) is 4.79 Å². The lowest BCUT2D eigenvalue weighted by Crippen LogP contribution is -2.34. The van der Waals surface area contributed by atoms with Gasteiger partial charge in [0.2, 0.25) is 5.91 Å². The molecule has 5 heteroatoms. The lowest BCUT2D eigenvalue weighted by Gasteiger charge is -2.21. The van der Waals surface area contributed by atoms with Crippen molar-refractivity contribution in [1.82, 2.24) is 0 Å². The summed E-state index contributed by atoms with van der Waals surface area (Å²) in [5, 5.41) is 2.79. The molecule has 0 radical (unpaired) electrons. The Bertz CT molecular complexity index is 772. The Morgan fingerprint density at radius 2 is 1.80 bits per heavy atom. The van der Waals surface area contributed by atoms with E-state index >= 15 is 0 Å². The van der Waals surface area contributed by atoms with Crippen molar-refractivity contribution < 1.29 is 14.3 Å². The second kappa shape index (κ2) is 6.64. The fourth-order valence-corrected chi connectivity index (χ4v) is 4.18. The van der Waals surface area contributed by atoms with E-state index in [1.54, 1.807) is 11.8 Å². The molecule has 1 heterocycles. The van der Waals surface area contributed by atoms with Crippen LogP contribution in [0.5, 0.6) is 11.5 Å². The molecule has 0 saturated heterocycles. The summed E-state index contributed by atoms with van der Waals surface area (Å²) in [6, 6.07) is 15.6. The zero-order valence-corrected chi connectivity index (χ0v) is 15.0. The predicted molar refractivity (Wildman–Crippen MR) is 99.3 cm³/mol. The highest BCUT2D eigenvalue weighted by Gasteiger charge is 2.44. The largest absolute Gasteiger partial charge is 0.448 e. The van der Waals surface area contributed by atoms with Crippen molar-refractivity contribution in [3.05, 3.63) is 48.5 Å². The number of hydrogen-bond acceptors (Lipinski definition) is 4. The molecule has 4 nitrogen and oxygen atoms in total. The van der Waals surface area contributed by atoms with Gasteiger partial charge in [-0.2, -0.15) is 0 Å². The molecule has 4 rings (SSSR count). The van der Waals surface area contributed by atoms with Crippen LogP contribution in [0.4, 0.5) is 5.69 Å².